The monoisotopic (exact) mass is 319 g/mol. The Morgan fingerprint density at radius 1 is 1.32 bits per heavy atom. The summed E-state index contributed by atoms with van der Waals surface area (Å²) in [5, 5.41) is 0. The number of hydrogen-bond acceptors (Lipinski definition) is 3. The highest BCUT2D eigenvalue weighted by molar-refractivity contribution is 7.99. The molecule has 3 nitrogen and oxygen atoms in total. The molecule has 0 saturated carbocycles. The van der Waals surface area contributed by atoms with E-state index in [-0.39, 0.29) is 6.09 Å². The predicted molar refractivity (Wildman–Crippen MR) is 92.4 cm³/mol. The summed E-state index contributed by atoms with van der Waals surface area (Å²) in [6.07, 6.45) is 2.88. The van der Waals surface area contributed by atoms with Crippen LogP contribution in [0.5, 0.6) is 0 Å². The number of aryl methyl sites for hydroxylation is 1. The number of ether oxygens (including phenoxy) is 1. The molecule has 0 saturated heterocycles. The fraction of sp³-hybridized carbons (Fsp3) is 0.500. The first-order valence-corrected chi connectivity index (χ1v) is 8.68. The van der Waals surface area contributed by atoms with Crippen molar-refractivity contribution in [1.29, 1.82) is 0 Å². The van der Waals surface area contributed by atoms with Gasteiger partial charge in [0, 0.05) is 23.7 Å². The summed E-state index contributed by atoms with van der Waals surface area (Å²) in [5.41, 5.74) is 2.30. The zero-order chi connectivity index (χ0) is 16.2. The normalized spacial score (nSPS) is 15.5. The summed E-state index contributed by atoms with van der Waals surface area (Å²) in [6.45, 7) is 9.23. The van der Waals surface area contributed by atoms with Crippen LogP contribution >= 0.6 is 11.8 Å². The molecule has 0 aromatic heterocycles. The van der Waals surface area contributed by atoms with E-state index in [1.165, 1.54) is 16.0 Å². The van der Waals surface area contributed by atoms with Gasteiger partial charge in [-0.3, -0.25) is 0 Å². The highest BCUT2D eigenvalue weighted by Gasteiger charge is 2.23. The van der Waals surface area contributed by atoms with Crippen molar-refractivity contribution in [2.75, 3.05) is 18.8 Å². The fourth-order valence-electron chi connectivity index (χ4n) is 2.22. The van der Waals surface area contributed by atoms with Gasteiger partial charge in [0.05, 0.1) is 0 Å². The number of carbonyl (C=O) groups excluding carboxylic acids is 1. The molecule has 4 heteroatoms. The number of nitrogens with zero attached hydrogens (tertiary/aromatic N) is 1. The van der Waals surface area contributed by atoms with E-state index in [4.69, 9.17) is 4.74 Å². The summed E-state index contributed by atoms with van der Waals surface area (Å²) in [7, 11) is 0. The number of carbonyl (C=O) groups is 1. The molecule has 0 radical (unpaired) electrons. The van der Waals surface area contributed by atoms with E-state index >= 15 is 0 Å². The maximum Gasteiger partial charge on any atom is 0.410 e. The van der Waals surface area contributed by atoms with Gasteiger partial charge in [-0.05, 0) is 45.7 Å². The number of rotatable bonds is 3. The third-order valence-corrected chi connectivity index (χ3v) is 4.75. The van der Waals surface area contributed by atoms with Crippen molar-refractivity contribution in [3.05, 3.63) is 41.5 Å². The third-order valence-electron chi connectivity index (χ3n) is 3.46. The van der Waals surface area contributed by atoms with Gasteiger partial charge >= 0.3 is 6.09 Å². The lowest BCUT2D eigenvalue weighted by molar-refractivity contribution is 0.0266. The molecule has 1 heterocycles. The predicted octanol–water partition coefficient (Wildman–Crippen LogP) is 4.65. The second-order valence-corrected chi connectivity index (χ2v) is 7.61. The molecule has 0 N–H and O–H groups in total. The lowest BCUT2D eigenvalue weighted by Gasteiger charge is -2.29. The van der Waals surface area contributed by atoms with Gasteiger partial charge in [0.1, 0.15) is 5.60 Å². The lowest BCUT2D eigenvalue weighted by atomic mass is 10.1. The molecule has 1 aromatic rings. The van der Waals surface area contributed by atoms with Crippen LogP contribution in [0.25, 0.3) is 0 Å². The topological polar surface area (TPSA) is 29.5 Å². The van der Waals surface area contributed by atoms with Gasteiger partial charge in [-0.25, -0.2) is 4.79 Å². The van der Waals surface area contributed by atoms with Gasteiger partial charge in [-0.1, -0.05) is 29.8 Å². The Labute approximate surface area is 137 Å². The van der Waals surface area contributed by atoms with Crippen molar-refractivity contribution in [2.24, 2.45) is 0 Å². The van der Waals surface area contributed by atoms with Gasteiger partial charge in [-0.2, -0.15) is 0 Å². The molecule has 1 aromatic carbocycles. The Balaban J connectivity index is 1.84. The van der Waals surface area contributed by atoms with E-state index in [9.17, 15) is 4.79 Å². The second kappa shape index (κ2) is 7.23. The molecule has 22 heavy (non-hydrogen) atoms. The maximum absolute atomic E-state index is 12.0. The summed E-state index contributed by atoms with van der Waals surface area (Å²) < 4.78 is 5.41. The van der Waals surface area contributed by atoms with Crippen LogP contribution < -0.4 is 0 Å². The number of thioether (sulfide) groups is 1. The van der Waals surface area contributed by atoms with Gasteiger partial charge in [0.25, 0.3) is 0 Å². The minimum absolute atomic E-state index is 0.214. The van der Waals surface area contributed by atoms with E-state index in [2.05, 4.69) is 37.3 Å². The molecule has 2 rings (SSSR count). The molecule has 0 aliphatic carbocycles. The van der Waals surface area contributed by atoms with Crippen LogP contribution in [-0.2, 0) is 4.74 Å². The first-order chi connectivity index (χ1) is 10.3. The first-order valence-electron chi connectivity index (χ1n) is 7.69. The molecule has 1 amide bonds. The fourth-order valence-corrected chi connectivity index (χ4v) is 3.30. The zero-order valence-electron chi connectivity index (χ0n) is 13.9. The highest BCUT2D eigenvalue weighted by Crippen LogP contribution is 2.26. The Kier molecular flexibility index (Phi) is 5.57. The van der Waals surface area contributed by atoms with Crippen molar-refractivity contribution in [2.45, 2.75) is 44.6 Å². The van der Waals surface area contributed by atoms with Crippen LogP contribution in [0.4, 0.5) is 4.79 Å². The first kappa shape index (κ1) is 16.9. The van der Waals surface area contributed by atoms with Gasteiger partial charge in [-0.15, -0.1) is 11.8 Å². The van der Waals surface area contributed by atoms with Crippen LogP contribution in [0.15, 0.2) is 40.8 Å². The Morgan fingerprint density at radius 3 is 2.64 bits per heavy atom. The van der Waals surface area contributed by atoms with E-state index < -0.39 is 5.60 Å². The van der Waals surface area contributed by atoms with E-state index in [0.29, 0.717) is 6.54 Å². The van der Waals surface area contributed by atoms with Crippen molar-refractivity contribution < 1.29 is 9.53 Å². The van der Waals surface area contributed by atoms with Crippen LogP contribution in [0, 0.1) is 6.92 Å². The zero-order valence-corrected chi connectivity index (χ0v) is 14.7. The van der Waals surface area contributed by atoms with Crippen LogP contribution in [0.1, 0.15) is 32.8 Å². The van der Waals surface area contributed by atoms with Crippen molar-refractivity contribution in [1.82, 2.24) is 4.90 Å². The summed E-state index contributed by atoms with van der Waals surface area (Å²) in [6, 6.07) is 8.45. The molecule has 0 atom stereocenters. The van der Waals surface area contributed by atoms with Gasteiger partial charge in [0.15, 0.2) is 0 Å². The number of amides is 1. The number of hydrogen-bond donors (Lipinski definition) is 0. The van der Waals surface area contributed by atoms with E-state index in [0.717, 1.165) is 18.7 Å². The van der Waals surface area contributed by atoms with E-state index in [1.54, 1.807) is 4.90 Å². The van der Waals surface area contributed by atoms with E-state index in [1.807, 2.05) is 32.5 Å². The average Bonchev–Trinajstić information content (AvgIpc) is 2.45. The molecular weight excluding hydrogens is 294 g/mol. The van der Waals surface area contributed by atoms with Crippen molar-refractivity contribution >= 4 is 17.9 Å². The molecule has 0 bridgehead atoms. The smallest absolute Gasteiger partial charge is 0.410 e. The minimum Gasteiger partial charge on any atom is -0.444 e. The van der Waals surface area contributed by atoms with Gasteiger partial charge in [0.2, 0.25) is 0 Å². The molecular formula is C18H25NO2S. The standard InChI is InChI=1S/C18H25NO2S/c1-14-7-5-6-8-16(14)22-13-15-9-11-19(12-10-15)17(20)21-18(2,3)4/h5-9H,10-13H2,1-4H3. The molecule has 1 aliphatic heterocycles. The SMILES string of the molecule is Cc1ccccc1SCC1=CCN(C(=O)OC(C)(C)C)CC1. The molecule has 0 fully saturated rings. The maximum atomic E-state index is 12.0. The Hall–Kier alpha value is -1.42. The molecule has 0 spiro atoms. The molecule has 0 unspecified atom stereocenters. The highest BCUT2D eigenvalue weighted by atomic mass is 32.2. The quantitative estimate of drug-likeness (QED) is 0.600. The number of benzene rings is 1. The largest absolute Gasteiger partial charge is 0.444 e. The van der Waals surface area contributed by atoms with Crippen molar-refractivity contribution in [3.8, 4) is 0 Å². The Bertz CT molecular complexity index is 560. The van der Waals surface area contributed by atoms with Crippen molar-refractivity contribution in [3.63, 3.8) is 0 Å². The minimum atomic E-state index is -0.429. The Morgan fingerprint density at radius 2 is 2.05 bits per heavy atom. The van der Waals surface area contributed by atoms with Crippen LogP contribution in [0.3, 0.4) is 0 Å². The van der Waals surface area contributed by atoms with Crippen LogP contribution in [-0.4, -0.2) is 35.4 Å². The second-order valence-electron chi connectivity index (χ2n) is 6.59. The summed E-state index contributed by atoms with van der Waals surface area (Å²) >= 11 is 1.87. The van der Waals surface area contributed by atoms with Crippen LogP contribution in [0.2, 0.25) is 0 Å². The summed E-state index contributed by atoms with van der Waals surface area (Å²) in [5.74, 6) is 0.993. The third kappa shape index (κ3) is 5.09. The summed E-state index contributed by atoms with van der Waals surface area (Å²) in [4.78, 5) is 15.1. The molecule has 1 aliphatic rings. The average molecular weight is 319 g/mol. The molecule has 120 valence electrons. The van der Waals surface area contributed by atoms with Gasteiger partial charge < -0.3 is 9.64 Å². The lowest BCUT2D eigenvalue weighted by Crippen LogP contribution is -2.39.